The molecule has 2 aromatic carbocycles. The van der Waals surface area contributed by atoms with Gasteiger partial charge in [-0.2, -0.15) is 13.2 Å². The molecular weight excluding hydrogens is 317 g/mol. The molecule has 3 rings (SSSR count). The van der Waals surface area contributed by atoms with Crippen molar-refractivity contribution >= 4 is 5.91 Å². The number of likely N-dealkylation sites (tertiary alicyclic amines) is 1. The van der Waals surface area contributed by atoms with Gasteiger partial charge in [0.15, 0.2) is 0 Å². The standard InChI is InChI=1S/C18H17F3N2O/c19-18(20,21)13-5-3-4-12(10-13)15-6-1-2-7-16(15)17(24)23-9-8-14(23)11-22/h1-7,10,14H,8-9,11,22H2. The van der Waals surface area contributed by atoms with Gasteiger partial charge in [0.2, 0.25) is 0 Å². The smallest absolute Gasteiger partial charge is 0.334 e. The third kappa shape index (κ3) is 3.01. The van der Waals surface area contributed by atoms with Crippen LogP contribution in [-0.2, 0) is 6.18 Å². The highest BCUT2D eigenvalue weighted by atomic mass is 19.4. The monoisotopic (exact) mass is 334 g/mol. The third-order valence-electron chi connectivity index (χ3n) is 4.34. The van der Waals surface area contributed by atoms with Crippen LogP contribution >= 0.6 is 0 Å². The first-order valence-electron chi connectivity index (χ1n) is 7.69. The molecule has 1 saturated heterocycles. The molecule has 0 bridgehead atoms. The molecule has 3 nitrogen and oxygen atoms in total. The van der Waals surface area contributed by atoms with Crippen LogP contribution in [0.4, 0.5) is 13.2 Å². The van der Waals surface area contributed by atoms with Crippen LogP contribution < -0.4 is 5.73 Å². The Balaban J connectivity index is 2.00. The Morgan fingerprint density at radius 3 is 2.54 bits per heavy atom. The number of hydrogen-bond acceptors (Lipinski definition) is 2. The van der Waals surface area contributed by atoms with Crippen molar-refractivity contribution in [3.8, 4) is 11.1 Å². The lowest BCUT2D eigenvalue weighted by molar-refractivity contribution is -0.137. The molecular formula is C18H17F3N2O. The number of rotatable bonds is 3. The van der Waals surface area contributed by atoms with Gasteiger partial charge >= 0.3 is 6.18 Å². The van der Waals surface area contributed by atoms with E-state index in [4.69, 9.17) is 5.73 Å². The van der Waals surface area contributed by atoms with Gasteiger partial charge in [0.05, 0.1) is 5.56 Å². The summed E-state index contributed by atoms with van der Waals surface area (Å²) in [6, 6.07) is 11.8. The van der Waals surface area contributed by atoms with E-state index in [1.54, 1.807) is 35.2 Å². The van der Waals surface area contributed by atoms with Crippen LogP contribution in [0.5, 0.6) is 0 Å². The van der Waals surface area contributed by atoms with Gasteiger partial charge < -0.3 is 10.6 Å². The summed E-state index contributed by atoms with van der Waals surface area (Å²) < 4.78 is 38.8. The van der Waals surface area contributed by atoms with E-state index < -0.39 is 11.7 Å². The van der Waals surface area contributed by atoms with Crippen molar-refractivity contribution in [2.24, 2.45) is 5.73 Å². The molecule has 0 aromatic heterocycles. The van der Waals surface area contributed by atoms with E-state index in [0.29, 0.717) is 29.8 Å². The molecule has 2 aromatic rings. The van der Waals surface area contributed by atoms with Crippen molar-refractivity contribution < 1.29 is 18.0 Å². The molecule has 0 spiro atoms. The van der Waals surface area contributed by atoms with Crippen molar-refractivity contribution in [2.75, 3.05) is 13.1 Å². The van der Waals surface area contributed by atoms with Crippen LogP contribution in [0.15, 0.2) is 48.5 Å². The molecule has 0 saturated carbocycles. The Hall–Kier alpha value is -2.34. The molecule has 6 heteroatoms. The molecule has 1 heterocycles. The van der Waals surface area contributed by atoms with Crippen molar-refractivity contribution in [2.45, 2.75) is 18.6 Å². The summed E-state index contributed by atoms with van der Waals surface area (Å²) in [5.41, 5.74) is 6.18. The Labute approximate surface area is 137 Å². The van der Waals surface area contributed by atoms with Crippen LogP contribution in [0.25, 0.3) is 11.1 Å². The Bertz CT molecular complexity index is 756. The number of alkyl halides is 3. The van der Waals surface area contributed by atoms with Crippen LogP contribution in [-0.4, -0.2) is 29.9 Å². The van der Waals surface area contributed by atoms with Crippen LogP contribution in [0.2, 0.25) is 0 Å². The Morgan fingerprint density at radius 1 is 1.17 bits per heavy atom. The lowest BCUT2D eigenvalue weighted by atomic mass is 9.95. The first-order valence-corrected chi connectivity index (χ1v) is 7.69. The first kappa shape index (κ1) is 16.5. The van der Waals surface area contributed by atoms with Gasteiger partial charge in [-0.05, 0) is 35.7 Å². The second kappa shape index (κ2) is 6.28. The second-order valence-corrected chi connectivity index (χ2v) is 5.80. The number of hydrogen-bond donors (Lipinski definition) is 1. The van der Waals surface area contributed by atoms with Crippen LogP contribution in [0, 0.1) is 0 Å². The van der Waals surface area contributed by atoms with Gasteiger partial charge in [0.1, 0.15) is 0 Å². The number of nitrogens with zero attached hydrogens (tertiary/aromatic N) is 1. The summed E-state index contributed by atoms with van der Waals surface area (Å²) in [5, 5.41) is 0. The average Bonchev–Trinajstić information content (AvgIpc) is 2.53. The highest BCUT2D eigenvalue weighted by Gasteiger charge is 2.33. The zero-order valence-electron chi connectivity index (χ0n) is 12.9. The van der Waals surface area contributed by atoms with Crippen molar-refractivity contribution in [1.29, 1.82) is 0 Å². The topological polar surface area (TPSA) is 46.3 Å². The lowest BCUT2D eigenvalue weighted by Gasteiger charge is -2.40. The summed E-state index contributed by atoms with van der Waals surface area (Å²) in [6.45, 7) is 1.01. The zero-order chi connectivity index (χ0) is 17.3. The molecule has 0 aliphatic carbocycles. The van der Waals surface area contributed by atoms with E-state index in [1.807, 2.05) is 0 Å². The summed E-state index contributed by atoms with van der Waals surface area (Å²) in [6.07, 6.45) is -3.56. The molecule has 2 N–H and O–H groups in total. The number of benzene rings is 2. The highest BCUT2D eigenvalue weighted by Crippen LogP contribution is 2.34. The molecule has 1 atom stereocenters. The van der Waals surface area contributed by atoms with Crippen molar-refractivity contribution in [3.05, 3.63) is 59.7 Å². The zero-order valence-corrected chi connectivity index (χ0v) is 12.9. The third-order valence-corrected chi connectivity index (χ3v) is 4.34. The fourth-order valence-corrected chi connectivity index (χ4v) is 2.89. The van der Waals surface area contributed by atoms with Crippen LogP contribution in [0.1, 0.15) is 22.3 Å². The van der Waals surface area contributed by atoms with Gasteiger partial charge in [-0.3, -0.25) is 4.79 Å². The van der Waals surface area contributed by atoms with Crippen molar-refractivity contribution in [3.63, 3.8) is 0 Å². The van der Waals surface area contributed by atoms with E-state index in [9.17, 15) is 18.0 Å². The predicted octanol–water partition coefficient (Wildman–Crippen LogP) is 3.55. The van der Waals surface area contributed by atoms with Gasteiger partial charge in [-0.15, -0.1) is 0 Å². The van der Waals surface area contributed by atoms with Crippen LogP contribution in [0.3, 0.4) is 0 Å². The second-order valence-electron chi connectivity index (χ2n) is 5.80. The maximum atomic E-state index is 12.9. The quantitative estimate of drug-likeness (QED) is 0.933. The average molecular weight is 334 g/mol. The summed E-state index contributed by atoms with van der Waals surface area (Å²) >= 11 is 0. The summed E-state index contributed by atoms with van der Waals surface area (Å²) in [4.78, 5) is 14.4. The van der Waals surface area contributed by atoms with Gasteiger partial charge in [0.25, 0.3) is 5.91 Å². The number of halogens is 3. The van der Waals surface area contributed by atoms with Gasteiger partial charge in [-0.25, -0.2) is 0 Å². The molecule has 1 aliphatic rings. The fourth-order valence-electron chi connectivity index (χ4n) is 2.89. The lowest BCUT2D eigenvalue weighted by Crippen LogP contribution is -2.54. The van der Waals surface area contributed by atoms with Gasteiger partial charge in [-0.1, -0.05) is 30.3 Å². The van der Waals surface area contributed by atoms with E-state index in [-0.39, 0.29) is 11.9 Å². The molecule has 1 fully saturated rings. The molecule has 24 heavy (non-hydrogen) atoms. The predicted molar refractivity (Wildman–Crippen MR) is 85.4 cm³/mol. The minimum absolute atomic E-state index is 0.00654. The molecule has 0 radical (unpaired) electrons. The molecule has 1 amide bonds. The van der Waals surface area contributed by atoms with E-state index >= 15 is 0 Å². The van der Waals surface area contributed by atoms with Gasteiger partial charge in [0, 0.05) is 24.7 Å². The highest BCUT2D eigenvalue weighted by molar-refractivity contribution is 6.01. The maximum absolute atomic E-state index is 12.9. The Morgan fingerprint density at radius 2 is 1.92 bits per heavy atom. The first-order chi connectivity index (χ1) is 11.4. The number of nitrogens with two attached hydrogens (primary N) is 1. The van der Waals surface area contributed by atoms with E-state index in [1.165, 1.54) is 6.07 Å². The SMILES string of the molecule is NCC1CCN1C(=O)c1ccccc1-c1cccc(C(F)(F)F)c1. The maximum Gasteiger partial charge on any atom is 0.416 e. The van der Waals surface area contributed by atoms with E-state index in [2.05, 4.69) is 0 Å². The Kier molecular flexibility index (Phi) is 4.32. The number of carbonyl (C=O) groups is 1. The number of carbonyl (C=O) groups excluding carboxylic acids is 1. The normalized spacial score (nSPS) is 17.5. The minimum atomic E-state index is -4.42. The molecule has 126 valence electrons. The molecule has 1 unspecified atom stereocenters. The number of amides is 1. The molecule has 1 aliphatic heterocycles. The van der Waals surface area contributed by atoms with E-state index in [0.717, 1.165) is 18.6 Å². The summed E-state index contributed by atoms with van der Waals surface area (Å²) in [5.74, 6) is -0.190. The minimum Gasteiger partial charge on any atom is -0.334 e. The van der Waals surface area contributed by atoms with Crippen molar-refractivity contribution in [1.82, 2.24) is 4.90 Å². The largest absolute Gasteiger partial charge is 0.416 e. The fraction of sp³-hybridized carbons (Fsp3) is 0.278. The summed E-state index contributed by atoms with van der Waals surface area (Å²) in [7, 11) is 0.